The zero-order chi connectivity index (χ0) is 19.9. The third kappa shape index (κ3) is 5.63. The molecule has 2 aromatic rings. The minimum Gasteiger partial charge on any atom is -0.325 e. The summed E-state index contributed by atoms with van der Waals surface area (Å²) < 4.78 is 26.6. The van der Waals surface area contributed by atoms with E-state index < -0.39 is 10.0 Å². The molecule has 0 aliphatic rings. The molecular weight excluding hydrogens is 362 g/mol. The molecule has 1 amide bonds. The Hall–Kier alpha value is -2.22. The molecular formula is C20H27N3O3S. The van der Waals surface area contributed by atoms with Crippen LogP contribution in [0.15, 0.2) is 59.5 Å². The number of hydrogen-bond acceptors (Lipinski definition) is 4. The van der Waals surface area contributed by atoms with E-state index in [2.05, 4.69) is 10.6 Å². The van der Waals surface area contributed by atoms with Gasteiger partial charge >= 0.3 is 0 Å². The number of nitrogens with zero attached hydrogens (tertiary/aromatic N) is 1. The van der Waals surface area contributed by atoms with E-state index in [4.69, 9.17) is 0 Å². The number of rotatable bonds is 9. The number of amides is 1. The Morgan fingerprint density at radius 3 is 2.33 bits per heavy atom. The smallest absolute Gasteiger partial charge is 0.243 e. The summed E-state index contributed by atoms with van der Waals surface area (Å²) in [7, 11) is -3.55. The van der Waals surface area contributed by atoms with Gasteiger partial charge in [0.25, 0.3) is 0 Å². The van der Waals surface area contributed by atoms with Gasteiger partial charge in [0.05, 0.1) is 11.4 Å². The predicted octanol–water partition coefficient (Wildman–Crippen LogP) is 3.01. The lowest BCUT2D eigenvalue weighted by Crippen LogP contribution is -2.31. The Morgan fingerprint density at radius 1 is 1.04 bits per heavy atom. The SMILES string of the molecule is CCN(CC)S(=O)(=O)c1cccc(NC(=O)CN[C@@H](C)c2ccccc2)c1. The summed E-state index contributed by atoms with van der Waals surface area (Å²) in [5, 5.41) is 5.91. The molecule has 27 heavy (non-hydrogen) atoms. The molecule has 1 atom stereocenters. The maximum atomic E-state index is 12.6. The minimum atomic E-state index is -3.55. The predicted molar refractivity (Wildman–Crippen MR) is 108 cm³/mol. The van der Waals surface area contributed by atoms with E-state index in [0.717, 1.165) is 5.56 Å². The van der Waals surface area contributed by atoms with Crippen LogP contribution in [0.3, 0.4) is 0 Å². The first-order chi connectivity index (χ1) is 12.9. The van der Waals surface area contributed by atoms with Crippen LogP contribution in [0.25, 0.3) is 0 Å². The van der Waals surface area contributed by atoms with E-state index >= 15 is 0 Å². The van der Waals surface area contributed by atoms with Gasteiger partial charge in [0.1, 0.15) is 0 Å². The average molecular weight is 390 g/mol. The van der Waals surface area contributed by atoms with Crippen molar-refractivity contribution in [1.29, 1.82) is 0 Å². The van der Waals surface area contributed by atoms with Crippen molar-refractivity contribution < 1.29 is 13.2 Å². The standard InChI is InChI=1S/C20H27N3O3S/c1-4-23(5-2)27(25,26)19-13-9-12-18(14-19)22-20(24)15-21-16(3)17-10-7-6-8-11-17/h6-14,16,21H,4-5,15H2,1-3H3,(H,22,24)/t16-/m0/s1. The largest absolute Gasteiger partial charge is 0.325 e. The highest BCUT2D eigenvalue weighted by Gasteiger charge is 2.21. The molecule has 6 nitrogen and oxygen atoms in total. The van der Waals surface area contributed by atoms with Gasteiger partial charge in [0, 0.05) is 24.8 Å². The summed E-state index contributed by atoms with van der Waals surface area (Å²) in [5.41, 5.74) is 1.56. The lowest BCUT2D eigenvalue weighted by Gasteiger charge is -2.19. The Bertz CT molecular complexity index is 850. The average Bonchev–Trinajstić information content (AvgIpc) is 2.67. The van der Waals surface area contributed by atoms with Gasteiger partial charge < -0.3 is 10.6 Å². The second kappa shape index (κ2) is 9.64. The van der Waals surface area contributed by atoms with Gasteiger partial charge in [-0.3, -0.25) is 4.79 Å². The molecule has 0 heterocycles. The third-order valence-electron chi connectivity index (χ3n) is 4.33. The van der Waals surface area contributed by atoms with Gasteiger partial charge in [0.15, 0.2) is 0 Å². The fourth-order valence-corrected chi connectivity index (χ4v) is 4.26. The van der Waals surface area contributed by atoms with Crippen molar-refractivity contribution in [3.8, 4) is 0 Å². The quantitative estimate of drug-likeness (QED) is 0.691. The topological polar surface area (TPSA) is 78.5 Å². The molecule has 0 saturated heterocycles. The number of hydrogen-bond donors (Lipinski definition) is 2. The molecule has 0 aliphatic carbocycles. The molecule has 0 radical (unpaired) electrons. The zero-order valence-electron chi connectivity index (χ0n) is 16.0. The molecule has 146 valence electrons. The summed E-state index contributed by atoms with van der Waals surface area (Å²) in [6.45, 7) is 6.51. The summed E-state index contributed by atoms with van der Waals surface area (Å²) >= 11 is 0. The van der Waals surface area contributed by atoms with Crippen molar-refractivity contribution in [2.45, 2.75) is 31.7 Å². The highest BCUT2D eigenvalue weighted by Crippen LogP contribution is 2.19. The lowest BCUT2D eigenvalue weighted by atomic mass is 10.1. The Labute approximate surface area is 161 Å². The number of nitrogens with one attached hydrogen (secondary N) is 2. The molecule has 0 saturated carbocycles. The van der Waals surface area contributed by atoms with E-state index in [9.17, 15) is 13.2 Å². The Kier molecular flexibility index (Phi) is 7.53. The van der Waals surface area contributed by atoms with Crippen molar-refractivity contribution in [3.05, 3.63) is 60.2 Å². The van der Waals surface area contributed by atoms with Crippen LogP contribution in [0.5, 0.6) is 0 Å². The van der Waals surface area contributed by atoms with Gasteiger partial charge in [0.2, 0.25) is 15.9 Å². The van der Waals surface area contributed by atoms with Gasteiger partial charge in [-0.05, 0) is 30.7 Å². The fraction of sp³-hybridized carbons (Fsp3) is 0.350. The highest BCUT2D eigenvalue weighted by atomic mass is 32.2. The summed E-state index contributed by atoms with van der Waals surface area (Å²) in [6, 6.07) is 16.2. The molecule has 0 unspecified atom stereocenters. The van der Waals surface area contributed by atoms with Crippen molar-refractivity contribution in [1.82, 2.24) is 9.62 Å². The Morgan fingerprint density at radius 2 is 1.70 bits per heavy atom. The van der Waals surface area contributed by atoms with Crippen LogP contribution in [0.2, 0.25) is 0 Å². The van der Waals surface area contributed by atoms with Crippen LogP contribution >= 0.6 is 0 Å². The van der Waals surface area contributed by atoms with Gasteiger partial charge in [-0.2, -0.15) is 4.31 Å². The van der Waals surface area contributed by atoms with Crippen molar-refractivity contribution >= 4 is 21.6 Å². The first-order valence-electron chi connectivity index (χ1n) is 9.06. The second-order valence-corrected chi connectivity index (χ2v) is 8.12. The van der Waals surface area contributed by atoms with E-state index in [1.165, 1.54) is 10.4 Å². The molecule has 2 rings (SSSR count). The van der Waals surface area contributed by atoms with Crippen LogP contribution in [-0.4, -0.2) is 38.3 Å². The highest BCUT2D eigenvalue weighted by molar-refractivity contribution is 7.89. The maximum Gasteiger partial charge on any atom is 0.243 e. The molecule has 0 bridgehead atoms. The zero-order valence-corrected chi connectivity index (χ0v) is 16.8. The van der Waals surface area contributed by atoms with Crippen LogP contribution in [-0.2, 0) is 14.8 Å². The van der Waals surface area contributed by atoms with E-state index in [1.54, 1.807) is 32.0 Å². The van der Waals surface area contributed by atoms with Crippen molar-refractivity contribution in [2.75, 3.05) is 25.0 Å². The molecule has 2 N–H and O–H groups in total. The van der Waals surface area contributed by atoms with Crippen molar-refractivity contribution in [3.63, 3.8) is 0 Å². The molecule has 0 aliphatic heterocycles. The summed E-state index contributed by atoms with van der Waals surface area (Å²) in [6.07, 6.45) is 0. The number of sulfonamides is 1. The van der Waals surface area contributed by atoms with Crippen LogP contribution in [0.1, 0.15) is 32.4 Å². The molecule has 2 aromatic carbocycles. The van der Waals surface area contributed by atoms with Gasteiger partial charge in [-0.25, -0.2) is 8.42 Å². The molecule has 0 fully saturated rings. The molecule has 0 aromatic heterocycles. The van der Waals surface area contributed by atoms with Crippen LogP contribution < -0.4 is 10.6 Å². The monoisotopic (exact) mass is 389 g/mol. The summed E-state index contributed by atoms with van der Waals surface area (Å²) in [4.78, 5) is 12.4. The van der Waals surface area contributed by atoms with E-state index in [1.807, 2.05) is 37.3 Å². The first-order valence-corrected chi connectivity index (χ1v) is 10.5. The van der Waals surface area contributed by atoms with Crippen LogP contribution in [0, 0.1) is 0 Å². The second-order valence-electron chi connectivity index (χ2n) is 6.18. The Balaban J connectivity index is 2.00. The normalized spacial score (nSPS) is 12.7. The van der Waals surface area contributed by atoms with Crippen molar-refractivity contribution in [2.24, 2.45) is 0 Å². The van der Waals surface area contributed by atoms with E-state index in [0.29, 0.717) is 18.8 Å². The summed E-state index contributed by atoms with van der Waals surface area (Å²) in [5.74, 6) is -0.227. The fourth-order valence-electron chi connectivity index (χ4n) is 2.76. The van der Waals surface area contributed by atoms with Gasteiger partial charge in [-0.15, -0.1) is 0 Å². The van der Waals surface area contributed by atoms with Gasteiger partial charge in [-0.1, -0.05) is 50.2 Å². The minimum absolute atomic E-state index is 0.0336. The van der Waals surface area contributed by atoms with Crippen LogP contribution in [0.4, 0.5) is 5.69 Å². The third-order valence-corrected chi connectivity index (χ3v) is 6.38. The molecule has 7 heteroatoms. The number of anilines is 1. The number of benzene rings is 2. The molecule has 0 spiro atoms. The van der Waals surface area contributed by atoms with E-state index in [-0.39, 0.29) is 23.4 Å². The maximum absolute atomic E-state index is 12.6. The number of carbonyl (C=O) groups excluding carboxylic acids is 1. The number of carbonyl (C=O) groups is 1. The lowest BCUT2D eigenvalue weighted by molar-refractivity contribution is -0.115. The first kappa shape index (κ1) is 21.1.